The minimum atomic E-state index is -1.18. The van der Waals surface area contributed by atoms with Gasteiger partial charge in [0.25, 0.3) is 11.8 Å². The van der Waals surface area contributed by atoms with Gasteiger partial charge in [-0.3, -0.25) is 14.4 Å². The Morgan fingerprint density at radius 2 is 2.10 bits per heavy atom. The molecule has 0 aliphatic carbocycles. The highest BCUT2D eigenvalue weighted by molar-refractivity contribution is 6.10. The maximum atomic E-state index is 12.2. The van der Waals surface area contributed by atoms with Gasteiger partial charge >= 0.3 is 0 Å². The first-order valence-electron chi connectivity index (χ1n) is 6.74. The lowest BCUT2D eigenvalue weighted by atomic mass is 10.00. The lowest BCUT2D eigenvalue weighted by Crippen LogP contribution is -2.62. The van der Waals surface area contributed by atoms with E-state index in [-0.39, 0.29) is 18.5 Å². The topological polar surface area (TPSA) is 96.5 Å². The molecular weight excluding hydrogens is 274 g/mol. The fourth-order valence-corrected chi connectivity index (χ4v) is 2.48. The van der Waals surface area contributed by atoms with E-state index >= 15 is 0 Å². The van der Waals surface area contributed by atoms with Gasteiger partial charge in [0.05, 0.1) is 19.2 Å². The predicted octanol–water partition coefficient (Wildman–Crippen LogP) is -0.759. The first kappa shape index (κ1) is 13.4. The average Bonchev–Trinajstić information content (AvgIpc) is 2.50. The molecular formula is C14H15N3O4. The van der Waals surface area contributed by atoms with Gasteiger partial charge in [-0.1, -0.05) is 18.2 Å². The van der Waals surface area contributed by atoms with Crippen LogP contribution in [0.5, 0.6) is 5.75 Å². The molecule has 7 nitrogen and oxygen atoms in total. The smallest absolute Gasteiger partial charge is 0.252 e. The summed E-state index contributed by atoms with van der Waals surface area (Å²) in [5, 5.41) is 7.57. The average molecular weight is 289 g/mol. The van der Waals surface area contributed by atoms with Crippen LogP contribution in [0.1, 0.15) is 18.0 Å². The summed E-state index contributed by atoms with van der Waals surface area (Å²) in [6.45, 7) is 0.397. The van der Waals surface area contributed by atoms with Crippen molar-refractivity contribution in [3.8, 4) is 5.75 Å². The number of hydrogen-bond acceptors (Lipinski definition) is 4. The highest BCUT2D eigenvalue weighted by Crippen LogP contribution is 2.31. The quantitative estimate of drug-likeness (QED) is 0.624. The second-order valence-electron chi connectivity index (χ2n) is 4.95. The minimum absolute atomic E-state index is 0.0945. The van der Waals surface area contributed by atoms with Crippen molar-refractivity contribution in [3.63, 3.8) is 0 Å². The van der Waals surface area contributed by atoms with Crippen molar-refractivity contribution in [1.29, 1.82) is 0 Å². The third kappa shape index (κ3) is 2.67. The SMILES string of the molecule is O=C1CNC(=O)[C@H](C(=O)N[C@@H]2CCOc3ccccc32)N1. The maximum absolute atomic E-state index is 12.2. The number of carbonyl (C=O) groups excluding carboxylic acids is 3. The van der Waals surface area contributed by atoms with Crippen molar-refractivity contribution in [2.75, 3.05) is 13.2 Å². The largest absolute Gasteiger partial charge is 0.493 e. The fraction of sp³-hybridized carbons (Fsp3) is 0.357. The van der Waals surface area contributed by atoms with Crippen LogP contribution >= 0.6 is 0 Å². The number of hydrogen-bond donors (Lipinski definition) is 3. The van der Waals surface area contributed by atoms with Crippen molar-refractivity contribution < 1.29 is 19.1 Å². The molecule has 0 radical (unpaired) electrons. The Bertz CT molecular complexity index is 602. The third-order valence-corrected chi connectivity index (χ3v) is 3.53. The van der Waals surface area contributed by atoms with Gasteiger partial charge in [-0.05, 0) is 6.07 Å². The van der Waals surface area contributed by atoms with Crippen LogP contribution in [0.15, 0.2) is 24.3 Å². The molecule has 7 heteroatoms. The summed E-state index contributed by atoms with van der Waals surface area (Å²) in [7, 11) is 0. The van der Waals surface area contributed by atoms with E-state index in [1.54, 1.807) is 0 Å². The van der Waals surface area contributed by atoms with Crippen molar-refractivity contribution in [3.05, 3.63) is 29.8 Å². The zero-order valence-corrected chi connectivity index (χ0v) is 11.2. The Morgan fingerprint density at radius 3 is 2.95 bits per heavy atom. The van der Waals surface area contributed by atoms with Crippen LogP contribution in [0.4, 0.5) is 0 Å². The van der Waals surface area contributed by atoms with E-state index in [9.17, 15) is 14.4 Å². The molecule has 1 saturated heterocycles. The summed E-state index contributed by atoms with van der Waals surface area (Å²) >= 11 is 0. The molecule has 1 aromatic rings. The molecule has 2 atom stereocenters. The molecule has 2 aliphatic heterocycles. The first-order chi connectivity index (χ1) is 10.1. The Kier molecular flexibility index (Phi) is 3.47. The number of ether oxygens (including phenoxy) is 1. The number of rotatable bonds is 2. The standard InChI is InChI=1S/C14H15N3O4/c18-11-7-15-13(19)12(17-11)14(20)16-9-5-6-21-10-4-2-1-3-8(9)10/h1-4,9,12H,5-7H2,(H,15,19)(H,16,20)(H,17,18)/t9-,12-/m1/s1. The summed E-state index contributed by atoms with van der Waals surface area (Å²) < 4.78 is 5.52. The molecule has 0 unspecified atom stereocenters. The number of nitrogens with one attached hydrogen (secondary N) is 3. The van der Waals surface area contributed by atoms with E-state index in [0.717, 1.165) is 11.3 Å². The molecule has 110 valence electrons. The monoisotopic (exact) mass is 289 g/mol. The molecule has 0 aromatic heterocycles. The van der Waals surface area contributed by atoms with E-state index in [4.69, 9.17) is 4.74 Å². The third-order valence-electron chi connectivity index (χ3n) is 3.53. The summed E-state index contributed by atoms with van der Waals surface area (Å²) in [6.07, 6.45) is 0.616. The van der Waals surface area contributed by atoms with Gasteiger partial charge in [0.2, 0.25) is 5.91 Å². The normalized spacial score (nSPS) is 24.2. The van der Waals surface area contributed by atoms with Crippen LogP contribution in [0.2, 0.25) is 0 Å². The summed E-state index contributed by atoms with van der Waals surface area (Å²) in [4.78, 5) is 35.2. The number of para-hydroxylation sites is 1. The highest BCUT2D eigenvalue weighted by Gasteiger charge is 2.34. The maximum Gasteiger partial charge on any atom is 0.252 e. The molecule has 2 aliphatic rings. The molecule has 0 saturated carbocycles. The van der Waals surface area contributed by atoms with Crippen LogP contribution in [0, 0.1) is 0 Å². The van der Waals surface area contributed by atoms with Crippen LogP contribution in [0.25, 0.3) is 0 Å². The number of benzene rings is 1. The highest BCUT2D eigenvalue weighted by atomic mass is 16.5. The van der Waals surface area contributed by atoms with Gasteiger partial charge in [-0.25, -0.2) is 0 Å². The molecule has 2 heterocycles. The van der Waals surface area contributed by atoms with Crippen molar-refractivity contribution in [2.24, 2.45) is 0 Å². The molecule has 3 rings (SSSR count). The minimum Gasteiger partial charge on any atom is -0.493 e. The van der Waals surface area contributed by atoms with Crippen molar-refractivity contribution in [1.82, 2.24) is 16.0 Å². The summed E-state index contributed by atoms with van der Waals surface area (Å²) in [5.41, 5.74) is 0.875. The van der Waals surface area contributed by atoms with E-state index in [2.05, 4.69) is 16.0 Å². The van der Waals surface area contributed by atoms with Crippen molar-refractivity contribution in [2.45, 2.75) is 18.5 Å². The number of piperazine rings is 1. The molecule has 21 heavy (non-hydrogen) atoms. The zero-order chi connectivity index (χ0) is 14.8. The van der Waals surface area contributed by atoms with Crippen molar-refractivity contribution >= 4 is 17.7 Å². The van der Waals surface area contributed by atoms with E-state index < -0.39 is 17.9 Å². The van der Waals surface area contributed by atoms with Crippen LogP contribution in [-0.2, 0) is 14.4 Å². The molecule has 0 spiro atoms. The second-order valence-corrected chi connectivity index (χ2v) is 4.95. The van der Waals surface area contributed by atoms with Crippen LogP contribution in [0.3, 0.4) is 0 Å². The molecule has 0 bridgehead atoms. The van der Waals surface area contributed by atoms with E-state index in [1.165, 1.54) is 0 Å². The number of fused-ring (bicyclic) bond motifs is 1. The second kappa shape index (κ2) is 5.43. The Morgan fingerprint density at radius 1 is 1.29 bits per heavy atom. The Hall–Kier alpha value is -2.57. The molecule has 3 amide bonds. The zero-order valence-electron chi connectivity index (χ0n) is 11.2. The summed E-state index contributed by atoms with van der Waals surface area (Å²) in [5.74, 6) is -0.650. The Balaban J connectivity index is 1.73. The van der Waals surface area contributed by atoms with Gasteiger partial charge in [-0.2, -0.15) is 0 Å². The van der Waals surface area contributed by atoms with E-state index in [1.807, 2.05) is 24.3 Å². The van der Waals surface area contributed by atoms with Crippen LogP contribution in [-0.4, -0.2) is 36.9 Å². The van der Waals surface area contributed by atoms with Gasteiger partial charge in [0.1, 0.15) is 5.75 Å². The van der Waals surface area contributed by atoms with Gasteiger partial charge in [0, 0.05) is 12.0 Å². The fourth-order valence-electron chi connectivity index (χ4n) is 2.48. The predicted molar refractivity (Wildman–Crippen MR) is 72.4 cm³/mol. The molecule has 1 fully saturated rings. The van der Waals surface area contributed by atoms with Gasteiger partial charge in [0.15, 0.2) is 6.04 Å². The lowest BCUT2D eigenvalue weighted by molar-refractivity contribution is -0.140. The summed E-state index contributed by atoms with van der Waals surface area (Å²) in [6, 6.07) is 6.02. The molecule has 1 aromatic carbocycles. The van der Waals surface area contributed by atoms with Crippen LogP contribution < -0.4 is 20.7 Å². The Labute approximate surface area is 121 Å². The van der Waals surface area contributed by atoms with E-state index in [0.29, 0.717) is 13.0 Å². The first-order valence-corrected chi connectivity index (χ1v) is 6.74. The molecule has 3 N–H and O–H groups in total. The van der Waals surface area contributed by atoms with Gasteiger partial charge in [-0.15, -0.1) is 0 Å². The van der Waals surface area contributed by atoms with Gasteiger partial charge < -0.3 is 20.7 Å². The lowest BCUT2D eigenvalue weighted by Gasteiger charge is -2.29. The number of carbonyl (C=O) groups is 3. The number of amides is 3.